The number of hydrogen-bond acceptors (Lipinski definition) is 8. The third-order valence-corrected chi connectivity index (χ3v) is 5.62. The monoisotopic (exact) mass is 440 g/mol. The Balaban J connectivity index is 1.51. The minimum absolute atomic E-state index is 0.187. The molecule has 0 atom stereocenters. The van der Waals surface area contributed by atoms with Crippen molar-refractivity contribution in [3.63, 3.8) is 0 Å². The first-order chi connectivity index (χ1) is 14.9. The van der Waals surface area contributed by atoms with Crippen molar-refractivity contribution in [2.24, 2.45) is 0 Å². The standard InChI is InChI=1S/C20H16N4O6S/c1-11-17(31-20(21-11)12-5-3-2-4-6-12)19(26)23-22-18(25)13-9-15-16(30-8-7-29-15)10-14(13)24(27)28/h2-6,9-10H,7-8H2,1H3,(H,22,25)(H,23,26). The van der Waals surface area contributed by atoms with Gasteiger partial charge in [-0.3, -0.25) is 30.6 Å². The second-order valence-electron chi connectivity index (χ2n) is 6.48. The number of ether oxygens (including phenoxy) is 2. The fraction of sp³-hybridized carbons (Fsp3) is 0.150. The van der Waals surface area contributed by atoms with Gasteiger partial charge in [0, 0.05) is 11.6 Å². The molecule has 10 nitrogen and oxygen atoms in total. The molecule has 158 valence electrons. The van der Waals surface area contributed by atoms with Crippen LogP contribution in [0.1, 0.15) is 25.7 Å². The molecule has 4 rings (SSSR count). The number of nitro groups is 1. The topological polar surface area (TPSA) is 133 Å². The van der Waals surface area contributed by atoms with Crippen molar-refractivity contribution in [1.82, 2.24) is 15.8 Å². The zero-order valence-corrected chi connectivity index (χ0v) is 17.0. The number of nitrogens with one attached hydrogen (secondary N) is 2. The molecule has 0 unspecified atom stereocenters. The van der Waals surface area contributed by atoms with E-state index in [-0.39, 0.29) is 30.3 Å². The Labute approximate surface area is 179 Å². The fourth-order valence-corrected chi connectivity index (χ4v) is 3.93. The number of nitrogens with zero attached hydrogens (tertiary/aromatic N) is 2. The summed E-state index contributed by atoms with van der Waals surface area (Å²) in [5.74, 6) is -1.03. The van der Waals surface area contributed by atoms with Crippen molar-refractivity contribution in [3.8, 4) is 22.1 Å². The summed E-state index contributed by atoms with van der Waals surface area (Å²) in [6.07, 6.45) is 0. The molecule has 0 spiro atoms. The van der Waals surface area contributed by atoms with E-state index in [1.165, 1.54) is 17.4 Å². The lowest BCUT2D eigenvalue weighted by atomic mass is 10.1. The van der Waals surface area contributed by atoms with E-state index in [0.717, 1.165) is 11.6 Å². The molecule has 2 amide bonds. The maximum absolute atomic E-state index is 12.6. The summed E-state index contributed by atoms with van der Waals surface area (Å²) in [5, 5.41) is 12.1. The van der Waals surface area contributed by atoms with Crippen LogP contribution in [0.25, 0.3) is 10.6 Å². The lowest BCUT2D eigenvalue weighted by molar-refractivity contribution is -0.385. The van der Waals surface area contributed by atoms with Gasteiger partial charge in [0.05, 0.1) is 16.7 Å². The van der Waals surface area contributed by atoms with Gasteiger partial charge in [-0.25, -0.2) is 4.98 Å². The number of hydrazine groups is 1. The molecule has 0 fully saturated rings. The molecule has 3 aromatic rings. The average Bonchev–Trinajstić information content (AvgIpc) is 3.18. The smallest absolute Gasteiger partial charge is 0.286 e. The predicted octanol–water partition coefficient (Wildman–Crippen LogP) is 2.87. The highest BCUT2D eigenvalue weighted by molar-refractivity contribution is 7.17. The Bertz CT molecular complexity index is 1180. The number of thiazole rings is 1. The Morgan fingerprint density at radius 1 is 1.06 bits per heavy atom. The highest BCUT2D eigenvalue weighted by Gasteiger charge is 2.27. The Morgan fingerprint density at radius 2 is 1.71 bits per heavy atom. The number of fused-ring (bicyclic) bond motifs is 1. The largest absolute Gasteiger partial charge is 0.486 e. The molecule has 1 aliphatic heterocycles. The maximum Gasteiger partial charge on any atom is 0.286 e. The van der Waals surface area contributed by atoms with E-state index in [1.807, 2.05) is 30.3 Å². The lowest BCUT2D eigenvalue weighted by Gasteiger charge is -2.18. The predicted molar refractivity (Wildman–Crippen MR) is 111 cm³/mol. The van der Waals surface area contributed by atoms with Gasteiger partial charge in [0.2, 0.25) is 0 Å². The van der Waals surface area contributed by atoms with E-state index in [0.29, 0.717) is 15.6 Å². The number of carbonyl (C=O) groups is 2. The number of carbonyl (C=O) groups excluding carboxylic acids is 2. The van der Waals surface area contributed by atoms with Crippen molar-refractivity contribution < 1.29 is 24.0 Å². The molecule has 0 bridgehead atoms. The van der Waals surface area contributed by atoms with Gasteiger partial charge in [0.1, 0.15) is 28.7 Å². The van der Waals surface area contributed by atoms with Gasteiger partial charge in [0.15, 0.2) is 11.5 Å². The first-order valence-electron chi connectivity index (χ1n) is 9.15. The van der Waals surface area contributed by atoms with Crippen LogP contribution in [0.15, 0.2) is 42.5 Å². The zero-order valence-electron chi connectivity index (χ0n) is 16.2. The van der Waals surface area contributed by atoms with E-state index in [9.17, 15) is 19.7 Å². The van der Waals surface area contributed by atoms with Crippen LogP contribution in [-0.2, 0) is 0 Å². The van der Waals surface area contributed by atoms with E-state index < -0.39 is 22.4 Å². The van der Waals surface area contributed by atoms with Crippen molar-refractivity contribution in [3.05, 3.63) is 68.7 Å². The number of hydrogen-bond donors (Lipinski definition) is 2. The summed E-state index contributed by atoms with van der Waals surface area (Å²) in [6.45, 7) is 2.20. The van der Waals surface area contributed by atoms with E-state index in [4.69, 9.17) is 9.47 Å². The summed E-state index contributed by atoms with van der Waals surface area (Å²) >= 11 is 1.18. The van der Waals surface area contributed by atoms with Crippen LogP contribution in [-0.4, -0.2) is 34.9 Å². The van der Waals surface area contributed by atoms with Crippen molar-refractivity contribution >= 4 is 28.8 Å². The summed E-state index contributed by atoms with van der Waals surface area (Å²) in [6, 6.07) is 11.7. The molecule has 1 aliphatic rings. The fourth-order valence-electron chi connectivity index (χ4n) is 2.96. The Morgan fingerprint density at radius 3 is 2.39 bits per heavy atom. The van der Waals surface area contributed by atoms with Crippen LogP contribution in [0.4, 0.5) is 5.69 Å². The van der Waals surface area contributed by atoms with Gasteiger partial charge < -0.3 is 9.47 Å². The molecule has 11 heteroatoms. The minimum Gasteiger partial charge on any atom is -0.486 e. The molecule has 2 heterocycles. The number of aromatic nitrogens is 1. The molecule has 2 N–H and O–H groups in total. The third kappa shape index (κ3) is 4.16. The van der Waals surface area contributed by atoms with E-state index in [1.54, 1.807) is 6.92 Å². The number of benzene rings is 2. The molecule has 0 aliphatic carbocycles. The molecule has 31 heavy (non-hydrogen) atoms. The van der Waals surface area contributed by atoms with Crippen LogP contribution in [0.2, 0.25) is 0 Å². The quantitative estimate of drug-likeness (QED) is 0.471. The summed E-state index contributed by atoms with van der Waals surface area (Å²) in [5.41, 5.74) is 5.14. The normalized spacial score (nSPS) is 12.2. The van der Waals surface area contributed by atoms with E-state index in [2.05, 4.69) is 15.8 Å². The molecule has 1 aromatic heterocycles. The highest BCUT2D eigenvalue weighted by Crippen LogP contribution is 2.36. The van der Waals surface area contributed by atoms with E-state index >= 15 is 0 Å². The molecular formula is C20H16N4O6S. The zero-order chi connectivity index (χ0) is 22.0. The van der Waals surface area contributed by atoms with Gasteiger partial charge >= 0.3 is 0 Å². The maximum atomic E-state index is 12.6. The first kappa shape index (κ1) is 20.3. The Kier molecular flexibility index (Phi) is 5.50. The molecule has 0 saturated heterocycles. The summed E-state index contributed by atoms with van der Waals surface area (Å²) < 4.78 is 10.7. The van der Waals surface area contributed by atoms with Gasteiger partial charge in [-0.1, -0.05) is 30.3 Å². The minimum atomic E-state index is -0.859. The SMILES string of the molecule is Cc1nc(-c2ccccc2)sc1C(=O)NNC(=O)c1cc2c(cc1[N+](=O)[O-])OCCO2. The van der Waals surface area contributed by atoms with Crippen molar-refractivity contribution in [2.75, 3.05) is 13.2 Å². The average molecular weight is 440 g/mol. The molecule has 0 saturated carbocycles. The third-order valence-electron chi connectivity index (χ3n) is 4.41. The molecule has 2 aromatic carbocycles. The van der Waals surface area contributed by atoms with Crippen LogP contribution in [0.5, 0.6) is 11.5 Å². The molecule has 0 radical (unpaired) electrons. The number of rotatable bonds is 4. The highest BCUT2D eigenvalue weighted by atomic mass is 32.1. The summed E-state index contributed by atoms with van der Waals surface area (Å²) in [4.78, 5) is 40.5. The number of aryl methyl sites for hydroxylation is 1. The van der Waals surface area contributed by atoms with Crippen LogP contribution in [0.3, 0.4) is 0 Å². The van der Waals surface area contributed by atoms with Gasteiger partial charge in [-0.15, -0.1) is 11.3 Å². The first-order valence-corrected chi connectivity index (χ1v) is 9.97. The van der Waals surface area contributed by atoms with Crippen molar-refractivity contribution in [1.29, 1.82) is 0 Å². The lowest BCUT2D eigenvalue weighted by Crippen LogP contribution is -2.41. The Hall–Kier alpha value is -3.99. The number of amides is 2. The number of nitro benzene ring substituents is 1. The van der Waals surface area contributed by atoms with Gasteiger partial charge in [0.25, 0.3) is 17.5 Å². The molecular weight excluding hydrogens is 424 g/mol. The van der Waals surface area contributed by atoms with Crippen LogP contribution in [0, 0.1) is 17.0 Å². The second-order valence-corrected chi connectivity index (χ2v) is 7.48. The second kappa shape index (κ2) is 8.40. The van der Waals surface area contributed by atoms with Crippen molar-refractivity contribution in [2.45, 2.75) is 6.92 Å². The van der Waals surface area contributed by atoms with Crippen LogP contribution < -0.4 is 20.3 Å². The van der Waals surface area contributed by atoms with Gasteiger partial charge in [-0.2, -0.15) is 0 Å². The summed E-state index contributed by atoms with van der Waals surface area (Å²) in [7, 11) is 0. The van der Waals surface area contributed by atoms with Crippen LogP contribution >= 0.6 is 11.3 Å². The van der Waals surface area contributed by atoms with Gasteiger partial charge in [-0.05, 0) is 6.92 Å².